The molecule has 4 nitrogen and oxygen atoms in total. The van der Waals surface area contributed by atoms with Crippen LogP contribution in [0.4, 0.5) is 0 Å². The number of hydrogen-bond acceptors (Lipinski definition) is 3. The molecular formula is C20H15N3O. The fourth-order valence-electron chi connectivity index (χ4n) is 3.38. The van der Waals surface area contributed by atoms with E-state index in [-0.39, 0.29) is 0 Å². The zero-order valence-electron chi connectivity index (χ0n) is 13.0. The van der Waals surface area contributed by atoms with Crippen molar-refractivity contribution in [2.75, 3.05) is 0 Å². The van der Waals surface area contributed by atoms with Crippen molar-refractivity contribution in [1.29, 1.82) is 0 Å². The van der Waals surface area contributed by atoms with Gasteiger partial charge in [-0.25, -0.2) is 4.52 Å². The Bertz CT molecular complexity index is 1130. The molecule has 0 N–H and O–H groups in total. The van der Waals surface area contributed by atoms with Crippen LogP contribution in [0.5, 0.6) is 0 Å². The third-order valence-corrected chi connectivity index (χ3v) is 4.46. The normalized spacial score (nSPS) is 11.8. The molecule has 0 aliphatic carbocycles. The highest BCUT2D eigenvalue weighted by atomic mass is 16.5. The molecule has 0 spiro atoms. The van der Waals surface area contributed by atoms with Gasteiger partial charge in [-0.3, -0.25) is 0 Å². The lowest BCUT2D eigenvalue weighted by Gasteiger charge is -2.02. The Hall–Kier alpha value is -2.98. The van der Waals surface area contributed by atoms with Gasteiger partial charge in [-0.2, -0.15) is 0 Å². The highest BCUT2D eigenvalue weighted by Gasteiger charge is 2.17. The van der Waals surface area contributed by atoms with E-state index in [1.54, 1.807) is 0 Å². The molecule has 0 aliphatic heterocycles. The number of hydrogen-bond donors (Lipinski definition) is 0. The van der Waals surface area contributed by atoms with E-state index in [1.165, 1.54) is 16.2 Å². The second-order valence-electron chi connectivity index (χ2n) is 5.96. The second-order valence-corrected chi connectivity index (χ2v) is 5.96. The van der Waals surface area contributed by atoms with Crippen molar-refractivity contribution in [2.24, 2.45) is 0 Å². The van der Waals surface area contributed by atoms with Gasteiger partial charge in [0.25, 0.3) is 0 Å². The van der Waals surface area contributed by atoms with Gasteiger partial charge >= 0.3 is 0 Å². The lowest BCUT2D eigenvalue weighted by molar-refractivity contribution is 0.105. The molecule has 116 valence electrons. The summed E-state index contributed by atoms with van der Waals surface area (Å²) < 4.78 is 7.80. The van der Waals surface area contributed by atoms with Gasteiger partial charge in [0, 0.05) is 10.8 Å². The van der Waals surface area contributed by atoms with Crippen LogP contribution in [0.1, 0.15) is 11.3 Å². The summed E-state index contributed by atoms with van der Waals surface area (Å²) in [5.74, 6) is 0. The fraction of sp³-hybridized carbons (Fsp3) is 0.100. The van der Waals surface area contributed by atoms with Crippen molar-refractivity contribution in [3.8, 4) is 0 Å². The summed E-state index contributed by atoms with van der Waals surface area (Å²) in [5.41, 5.74) is 4.19. The molecule has 5 aromatic rings. The Labute approximate surface area is 138 Å². The maximum atomic E-state index is 5.87. The van der Waals surface area contributed by atoms with Crippen LogP contribution >= 0.6 is 0 Å². The van der Waals surface area contributed by atoms with Gasteiger partial charge < -0.3 is 4.74 Å². The Balaban J connectivity index is 1.55. The number of rotatable bonds is 4. The second kappa shape index (κ2) is 5.28. The van der Waals surface area contributed by atoms with Crippen LogP contribution in [0.15, 0.2) is 66.7 Å². The Morgan fingerprint density at radius 2 is 1.67 bits per heavy atom. The van der Waals surface area contributed by atoms with Crippen LogP contribution in [0.3, 0.4) is 0 Å². The van der Waals surface area contributed by atoms with Gasteiger partial charge in [0.05, 0.1) is 18.7 Å². The molecule has 2 heterocycles. The summed E-state index contributed by atoms with van der Waals surface area (Å²) in [6.45, 7) is 1.03. The van der Waals surface area contributed by atoms with Crippen molar-refractivity contribution in [1.82, 2.24) is 14.8 Å². The zero-order chi connectivity index (χ0) is 15.9. The predicted molar refractivity (Wildman–Crippen MR) is 94.1 cm³/mol. The van der Waals surface area contributed by atoms with E-state index >= 15 is 0 Å². The monoisotopic (exact) mass is 313 g/mol. The summed E-state index contributed by atoms with van der Waals surface area (Å²) in [7, 11) is 0. The molecular weight excluding hydrogens is 298 g/mol. The lowest BCUT2D eigenvalue weighted by atomic mass is 10.1. The van der Waals surface area contributed by atoms with Crippen LogP contribution in [0, 0.1) is 0 Å². The van der Waals surface area contributed by atoms with Crippen LogP contribution in [-0.4, -0.2) is 14.8 Å². The summed E-state index contributed by atoms with van der Waals surface area (Å²) in [6.07, 6.45) is 0. The molecule has 0 saturated heterocycles. The topological polar surface area (TPSA) is 39.4 Å². The first-order chi connectivity index (χ1) is 11.9. The molecule has 5 rings (SSSR count). The molecule has 24 heavy (non-hydrogen) atoms. The highest BCUT2D eigenvalue weighted by Crippen LogP contribution is 2.33. The van der Waals surface area contributed by atoms with E-state index < -0.39 is 0 Å². The molecule has 0 saturated carbocycles. The average Bonchev–Trinajstić information content (AvgIpc) is 3.18. The van der Waals surface area contributed by atoms with Gasteiger partial charge in [-0.15, -0.1) is 5.10 Å². The van der Waals surface area contributed by atoms with Crippen molar-refractivity contribution in [2.45, 2.75) is 13.2 Å². The average molecular weight is 313 g/mol. The SMILES string of the molecule is c1ccc(COCc2nnn3c4cccc5cccc(c54)c23)cc1. The zero-order valence-corrected chi connectivity index (χ0v) is 13.0. The quantitative estimate of drug-likeness (QED) is 0.499. The van der Waals surface area contributed by atoms with E-state index in [0.29, 0.717) is 13.2 Å². The van der Waals surface area contributed by atoms with Gasteiger partial charge in [0.2, 0.25) is 0 Å². The third kappa shape index (κ3) is 1.97. The van der Waals surface area contributed by atoms with Crippen molar-refractivity contribution >= 4 is 27.2 Å². The minimum atomic E-state index is 0.453. The smallest absolute Gasteiger partial charge is 0.117 e. The van der Waals surface area contributed by atoms with E-state index in [4.69, 9.17) is 4.74 Å². The molecule has 0 aliphatic rings. The highest BCUT2D eigenvalue weighted by molar-refractivity contribution is 6.16. The summed E-state index contributed by atoms with van der Waals surface area (Å²) >= 11 is 0. The summed E-state index contributed by atoms with van der Waals surface area (Å²) in [4.78, 5) is 0. The van der Waals surface area contributed by atoms with E-state index in [2.05, 4.69) is 58.8 Å². The number of ether oxygens (including phenoxy) is 1. The van der Waals surface area contributed by atoms with Crippen molar-refractivity contribution in [3.05, 3.63) is 78.0 Å². The molecule has 4 heteroatoms. The number of fused-ring (bicyclic) bond motifs is 3. The molecule has 0 fully saturated rings. The minimum absolute atomic E-state index is 0.453. The number of aromatic nitrogens is 3. The number of benzene rings is 3. The largest absolute Gasteiger partial charge is 0.370 e. The van der Waals surface area contributed by atoms with Gasteiger partial charge in [0.15, 0.2) is 0 Å². The van der Waals surface area contributed by atoms with E-state index in [9.17, 15) is 0 Å². The maximum absolute atomic E-state index is 5.87. The Morgan fingerprint density at radius 3 is 2.54 bits per heavy atom. The summed E-state index contributed by atoms with van der Waals surface area (Å²) in [5, 5.41) is 12.4. The first-order valence-electron chi connectivity index (χ1n) is 8.00. The predicted octanol–water partition coefficient (Wildman–Crippen LogP) is 4.19. The minimum Gasteiger partial charge on any atom is -0.370 e. The number of nitrogens with zero attached hydrogens (tertiary/aromatic N) is 3. The fourth-order valence-corrected chi connectivity index (χ4v) is 3.38. The van der Waals surface area contributed by atoms with Crippen molar-refractivity contribution in [3.63, 3.8) is 0 Å². The molecule has 2 aromatic heterocycles. The molecule has 0 bridgehead atoms. The standard InChI is InChI=1S/C20H15N3O/c1-2-6-14(7-3-1)12-24-13-17-20-16-10-4-8-15-9-5-11-18(19(15)16)23(20)22-21-17/h1-11H,12-13H2. The van der Waals surface area contributed by atoms with Crippen LogP contribution in [-0.2, 0) is 18.0 Å². The Kier molecular flexibility index (Phi) is 2.96. The van der Waals surface area contributed by atoms with Crippen LogP contribution in [0.25, 0.3) is 27.2 Å². The van der Waals surface area contributed by atoms with Gasteiger partial charge in [-0.05, 0) is 17.0 Å². The molecule has 0 atom stereocenters. The van der Waals surface area contributed by atoms with Gasteiger partial charge in [0.1, 0.15) is 11.2 Å². The van der Waals surface area contributed by atoms with E-state index in [1.807, 2.05) is 22.7 Å². The lowest BCUT2D eigenvalue weighted by Crippen LogP contribution is -1.95. The first-order valence-corrected chi connectivity index (χ1v) is 8.00. The molecule has 0 unspecified atom stereocenters. The van der Waals surface area contributed by atoms with Crippen molar-refractivity contribution < 1.29 is 4.74 Å². The molecule has 0 amide bonds. The molecule has 3 aromatic carbocycles. The first kappa shape index (κ1) is 13.5. The maximum Gasteiger partial charge on any atom is 0.117 e. The third-order valence-electron chi connectivity index (χ3n) is 4.46. The van der Waals surface area contributed by atoms with Crippen LogP contribution in [0.2, 0.25) is 0 Å². The van der Waals surface area contributed by atoms with Gasteiger partial charge in [-0.1, -0.05) is 65.9 Å². The molecule has 0 radical (unpaired) electrons. The summed E-state index contributed by atoms with van der Waals surface area (Å²) in [6, 6.07) is 22.8. The van der Waals surface area contributed by atoms with E-state index in [0.717, 1.165) is 22.3 Å². The Morgan fingerprint density at radius 1 is 0.833 bits per heavy atom. The van der Waals surface area contributed by atoms with Crippen LogP contribution < -0.4 is 0 Å².